The van der Waals surface area contributed by atoms with Crippen LogP contribution in [0.3, 0.4) is 0 Å². The van der Waals surface area contributed by atoms with Gasteiger partial charge in [0.25, 0.3) is 0 Å². The van der Waals surface area contributed by atoms with E-state index in [0.29, 0.717) is 23.2 Å². The predicted molar refractivity (Wildman–Crippen MR) is 103 cm³/mol. The van der Waals surface area contributed by atoms with E-state index >= 15 is 0 Å². The van der Waals surface area contributed by atoms with E-state index in [1.54, 1.807) is 7.11 Å². The van der Waals surface area contributed by atoms with Gasteiger partial charge >= 0.3 is 0 Å². The summed E-state index contributed by atoms with van der Waals surface area (Å²) in [5, 5.41) is 39.9. The summed E-state index contributed by atoms with van der Waals surface area (Å²) in [4.78, 5) is 16.1. The van der Waals surface area contributed by atoms with Gasteiger partial charge in [-0.2, -0.15) is 0 Å². The molecule has 0 radical (unpaired) electrons. The molecule has 3 heterocycles. The van der Waals surface area contributed by atoms with Gasteiger partial charge in [-0.05, 0) is 17.7 Å². The van der Waals surface area contributed by atoms with Crippen LogP contribution >= 0.6 is 0 Å². The van der Waals surface area contributed by atoms with Gasteiger partial charge in [0.1, 0.15) is 42.0 Å². The maximum absolute atomic E-state index is 10.4. The summed E-state index contributed by atoms with van der Waals surface area (Å²) in [5.41, 5.74) is 2.29. The highest BCUT2D eigenvalue weighted by Gasteiger charge is 2.44. The number of H-pyrrole nitrogens is 1. The minimum Gasteiger partial charge on any atom is -0.497 e. The van der Waals surface area contributed by atoms with Crippen molar-refractivity contribution in [1.29, 1.82) is 0 Å². The maximum atomic E-state index is 10.4. The number of fused-ring (bicyclic) bond motifs is 1. The molecule has 0 amide bonds. The lowest BCUT2D eigenvalue weighted by Gasteiger charge is -2.40. The second kappa shape index (κ2) is 8.50. The lowest BCUT2D eigenvalue weighted by molar-refractivity contribution is -0.250. The molecule has 0 bridgehead atoms. The number of aliphatic hydroxyl groups is 4. The molecule has 11 heteroatoms. The Morgan fingerprint density at radius 2 is 1.90 bits per heavy atom. The molecule has 11 nitrogen and oxygen atoms in total. The first-order valence-electron chi connectivity index (χ1n) is 9.37. The number of hydrogen-bond donors (Lipinski definition) is 5. The maximum Gasteiger partial charge on any atom is 0.177 e. The van der Waals surface area contributed by atoms with Gasteiger partial charge in [-0.25, -0.2) is 9.97 Å². The second-order valence-electron chi connectivity index (χ2n) is 6.96. The van der Waals surface area contributed by atoms with Crippen molar-refractivity contribution < 1.29 is 29.9 Å². The molecule has 1 unspecified atom stereocenters. The fourth-order valence-corrected chi connectivity index (χ4v) is 3.40. The Kier molecular flexibility index (Phi) is 5.79. The first-order chi connectivity index (χ1) is 14.5. The Balaban J connectivity index is 1.67. The standard InChI is InChI=1S/C19H23N5O6/c1-29-11-4-2-10(3-5-11)6-20-17-13-18(22-8-21-13)24(9-23-17)19-16(28)15(27)14(26)12(7-25)30-19/h2-5,8-9,12,14-16,19,25-28H,6-7H2,1H3,(H,21,22)/t12-,14-,15+,16-,19?/m1/s1. The first-order valence-corrected chi connectivity index (χ1v) is 9.37. The van der Waals surface area contributed by atoms with Crippen LogP contribution in [0.1, 0.15) is 11.8 Å². The summed E-state index contributed by atoms with van der Waals surface area (Å²) in [6, 6.07) is 7.51. The normalized spacial score (nSPS) is 27.5. The summed E-state index contributed by atoms with van der Waals surface area (Å²) in [6.07, 6.45) is -3.67. The minimum atomic E-state index is -1.50. The van der Waals surface area contributed by atoms with Crippen LogP contribution in [-0.2, 0) is 11.3 Å². The van der Waals surface area contributed by atoms with Crippen LogP contribution in [-0.4, -0.2) is 78.1 Å². The zero-order valence-corrected chi connectivity index (χ0v) is 16.2. The van der Waals surface area contributed by atoms with E-state index in [1.807, 2.05) is 24.3 Å². The highest BCUT2D eigenvalue weighted by Crippen LogP contribution is 2.29. The molecule has 160 valence electrons. The van der Waals surface area contributed by atoms with Crippen LogP contribution in [0.4, 0.5) is 0 Å². The number of aromatic amines is 1. The number of aromatic nitrogens is 4. The molecule has 5 atom stereocenters. The molecule has 0 spiro atoms. The molecule has 1 aliphatic heterocycles. The third-order valence-electron chi connectivity index (χ3n) is 5.10. The number of imidazole rings is 1. The van der Waals surface area contributed by atoms with E-state index in [9.17, 15) is 20.4 Å². The van der Waals surface area contributed by atoms with Crippen LogP contribution in [0.2, 0.25) is 0 Å². The Hall–Kier alpha value is -2.83. The molecule has 5 N–H and O–H groups in total. The summed E-state index contributed by atoms with van der Waals surface area (Å²) in [7, 11) is 1.60. The number of nitrogens with zero attached hydrogens (tertiary/aromatic N) is 4. The molecule has 0 aliphatic carbocycles. The largest absolute Gasteiger partial charge is 0.497 e. The molecule has 1 aromatic carbocycles. The number of hydrogen-bond acceptors (Lipinski definition) is 9. The van der Waals surface area contributed by atoms with Crippen LogP contribution in [0, 0.1) is 0 Å². The average molecular weight is 417 g/mol. The highest BCUT2D eigenvalue weighted by molar-refractivity contribution is 5.68. The average Bonchev–Trinajstić information content (AvgIpc) is 3.27. The summed E-state index contributed by atoms with van der Waals surface area (Å²) in [5.74, 6) is 0.758. The van der Waals surface area contributed by atoms with E-state index in [2.05, 4.69) is 19.9 Å². The van der Waals surface area contributed by atoms with Crippen molar-refractivity contribution in [3.05, 3.63) is 48.0 Å². The van der Waals surface area contributed by atoms with E-state index in [1.165, 1.54) is 17.2 Å². The van der Waals surface area contributed by atoms with E-state index in [0.717, 1.165) is 11.3 Å². The van der Waals surface area contributed by atoms with E-state index in [-0.39, 0.29) is 0 Å². The number of benzene rings is 1. The van der Waals surface area contributed by atoms with Gasteiger partial charge in [0.2, 0.25) is 0 Å². The SMILES string of the molecule is COc1ccc(CN=c2ncn(C3O[C@H](CO)[C@@H](O)[C@H](O)[C@H]3O)c3nc[nH]c23)cc1. The molecule has 1 saturated heterocycles. The van der Waals surface area contributed by atoms with Crippen LogP contribution < -0.4 is 10.2 Å². The smallest absolute Gasteiger partial charge is 0.177 e. The number of methoxy groups -OCH3 is 1. The summed E-state index contributed by atoms with van der Waals surface area (Å²) < 4.78 is 12.2. The molecule has 3 aromatic rings. The van der Waals surface area contributed by atoms with Crippen molar-refractivity contribution in [3.8, 4) is 5.75 Å². The summed E-state index contributed by atoms with van der Waals surface area (Å²) >= 11 is 0. The third kappa shape index (κ3) is 3.68. The molecule has 4 rings (SSSR count). The van der Waals surface area contributed by atoms with Gasteiger partial charge in [0.05, 0.1) is 26.6 Å². The zero-order valence-electron chi connectivity index (χ0n) is 16.2. The molecule has 0 saturated carbocycles. The zero-order chi connectivity index (χ0) is 21.3. The van der Waals surface area contributed by atoms with Crippen molar-refractivity contribution >= 4 is 11.2 Å². The fraction of sp³-hybridized carbons (Fsp3) is 0.421. The number of rotatable bonds is 5. The Morgan fingerprint density at radius 1 is 1.13 bits per heavy atom. The van der Waals surface area contributed by atoms with Crippen molar-refractivity contribution in [1.82, 2.24) is 19.5 Å². The molecular formula is C19H23N5O6. The highest BCUT2D eigenvalue weighted by atomic mass is 16.6. The molecular weight excluding hydrogens is 394 g/mol. The van der Waals surface area contributed by atoms with Crippen molar-refractivity contribution in [2.24, 2.45) is 4.99 Å². The van der Waals surface area contributed by atoms with Crippen LogP contribution in [0.15, 0.2) is 41.9 Å². The van der Waals surface area contributed by atoms with Gasteiger partial charge in [0.15, 0.2) is 17.4 Å². The van der Waals surface area contributed by atoms with Crippen molar-refractivity contribution in [3.63, 3.8) is 0 Å². The lowest BCUT2D eigenvalue weighted by Crippen LogP contribution is -2.56. The molecule has 1 fully saturated rings. The number of aliphatic hydroxyl groups excluding tert-OH is 4. The summed E-state index contributed by atoms with van der Waals surface area (Å²) in [6.45, 7) is -0.135. The topological polar surface area (TPSA) is 158 Å². The molecule has 1 aliphatic rings. The number of ether oxygens (including phenoxy) is 2. The fourth-order valence-electron chi connectivity index (χ4n) is 3.40. The van der Waals surface area contributed by atoms with Crippen LogP contribution in [0.25, 0.3) is 11.2 Å². The lowest BCUT2D eigenvalue weighted by atomic mass is 9.98. The van der Waals surface area contributed by atoms with Gasteiger partial charge in [-0.3, -0.25) is 9.56 Å². The van der Waals surface area contributed by atoms with Gasteiger partial charge in [-0.15, -0.1) is 0 Å². The van der Waals surface area contributed by atoms with Gasteiger partial charge in [-0.1, -0.05) is 12.1 Å². The van der Waals surface area contributed by atoms with Crippen molar-refractivity contribution in [2.45, 2.75) is 37.2 Å². The number of nitrogens with one attached hydrogen (secondary N) is 1. The Labute approximate surface area is 170 Å². The van der Waals surface area contributed by atoms with Crippen LogP contribution in [0.5, 0.6) is 5.75 Å². The van der Waals surface area contributed by atoms with Gasteiger partial charge in [0, 0.05) is 0 Å². The van der Waals surface area contributed by atoms with E-state index < -0.39 is 37.3 Å². The minimum absolute atomic E-state index is 0.384. The first kappa shape index (κ1) is 20.4. The quantitative estimate of drug-likeness (QED) is 0.348. The third-order valence-corrected chi connectivity index (χ3v) is 5.10. The second-order valence-corrected chi connectivity index (χ2v) is 6.96. The Morgan fingerprint density at radius 3 is 2.60 bits per heavy atom. The Bertz CT molecular complexity index is 1060. The van der Waals surface area contributed by atoms with Crippen molar-refractivity contribution in [2.75, 3.05) is 13.7 Å². The predicted octanol–water partition coefficient (Wildman–Crippen LogP) is -1.16. The van der Waals surface area contributed by atoms with E-state index in [4.69, 9.17) is 9.47 Å². The van der Waals surface area contributed by atoms with Gasteiger partial charge < -0.3 is 34.9 Å². The monoisotopic (exact) mass is 417 g/mol. The molecule has 2 aromatic heterocycles. The molecule has 30 heavy (non-hydrogen) atoms.